The zero-order valence-corrected chi connectivity index (χ0v) is 16.1. The fourth-order valence-electron chi connectivity index (χ4n) is 2.56. The summed E-state index contributed by atoms with van der Waals surface area (Å²) >= 11 is 0. The van der Waals surface area contributed by atoms with Gasteiger partial charge in [-0.05, 0) is 41.9 Å². The number of nitrogens with one attached hydrogen (secondary N) is 2. The van der Waals surface area contributed by atoms with E-state index in [1.807, 2.05) is 45.0 Å². The number of rotatable bonds is 7. The van der Waals surface area contributed by atoms with Crippen LogP contribution >= 0.6 is 12.4 Å². The second kappa shape index (κ2) is 9.20. The predicted octanol–water partition coefficient (Wildman–Crippen LogP) is 2.88. The first-order chi connectivity index (χ1) is 11.2. The van der Waals surface area contributed by atoms with E-state index in [2.05, 4.69) is 10.6 Å². The summed E-state index contributed by atoms with van der Waals surface area (Å²) in [5, 5.41) is 5.77. The van der Waals surface area contributed by atoms with E-state index in [0.29, 0.717) is 25.3 Å². The Bertz CT molecular complexity index is 577. The number of hydrogen-bond acceptors (Lipinski definition) is 3. The van der Waals surface area contributed by atoms with Gasteiger partial charge in [0.25, 0.3) is 0 Å². The van der Waals surface area contributed by atoms with Crippen molar-refractivity contribution in [3.63, 3.8) is 0 Å². The molecule has 1 aromatic rings. The Morgan fingerprint density at radius 2 is 1.76 bits per heavy atom. The minimum atomic E-state index is -0.0383. The molecule has 1 saturated carbocycles. The number of benzene rings is 1. The van der Waals surface area contributed by atoms with Gasteiger partial charge in [-0.3, -0.25) is 9.59 Å². The van der Waals surface area contributed by atoms with Crippen LogP contribution in [-0.2, 0) is 16.0 Å². The molecule has 0 aliphatic heterocycles. The van der Waals surface area contributed by atoms with Gasteiger partial charge in [-0.15, -0.1) is 12.4 Å². The van der Waals surface area contributed by atoms with Gasteiger partial charge in [-0.25, -0.2) is 0 Å². The number of amides is 2. The van der Waals surface area contributed by atoms with Crippen LogP contribution in [0, 0.1) is 11.3 Å². The molecule has 1 atom stereocenters. The Morgan fingerprint density at radius 3 is 2.28 bits per heavy atom. The lowest BCUT2D eigenvalue weighted by Crippen LogP contribution is -2.39. The lowest BCUT2D eigenvalue weighted by molar-refractivity contribution is -0.120. The van der Waals surface area contributed by atoms with Gasteiger partial charge < -0.3 is 16.4 Å². The fourth-order valence-corrected chi connectivity index (χ4v) is 2.56. The van der Waals surface area contributed by atoms with E-state index in [9.17, 15) is 9.59 Å². The van der Waals surface area contributed by atoms with E-state index < -0.39 is 0 Å². The van der Waals surface area contributed by atoms with Gasteiger partial charge in [0, 0.05) is 24.7 Å². The highest BCUT2D eigenvalue weighted by Gasteiger charge is 2.28. The van der Waals surface area contributed by atoms with E-state index in [0.717, 1.165) is 11.3 Å². The summed E-state index contributed by atoms with van der Waals surface area (Å²) in [6.45, 7) is 6.64. The Labute approximate surface area is 156 Å². The third-order valence-corrected chi connectivity index (χ3v) is 4.06. The highest BCUT2D eigenvalue weighted by molar-refractivity contribution is 5.91. The molecule has 2 amide bonds. The van der Waals surface area contributed by atoms with Gasteiger partial charge in [0.05, 0.1) is 6.42 Å². The van der Waals surface area contributed by atoms with Crippen molar-refractivity contribution in [2.45, 2.75) is 52.5 Å². The van der Waals surface area contributed by atoms with Crippen LogP contribution in [0.1, 0.15) is 45.6 Å². The molecule has 1 unspecified atom stereocenters. The van der Waals surface area contributed by atoms with Crippen molar-refractivity contribution < 1.29 is 9.59 Å². The second-order valence-electron chi connectivity index (χ2n) is 7.96. The normalized spacial score (nSPS) is 15.0. The third-order valence-electron chi connectivity index (χ3n) is 4.06. The number of halogens is 1. The number of anilines is 1. The minimum Gasteiger partial charge on any atom is -0.354 e. The molecule has 1 aromatic carbocycles. The Kier molecular flexibility index (Phi) is 7.90. The van der Waals surface area contributed by atoms with Crippen molar-refractivity contribution in [2.24, 2.45) is 17.1 Å². The molecule has 1 fully saturated rings. The first-order valence-electron chi connectivity index (χ1n) is 8.64. The lowest BCUT2D eigenvalue weighted by atomic mass is 9.92. The molecule has 1 aliphatic carbocycles. The van der Waals surface area contributed by atoms with Crippen molar-refractivity contribution in [1.82, 2.24) is 5.32 Å². The topological polar surface area (TPSA) is 84.2 Å². The van der Waals surface area contributed by atoms with Crippen LogP contribution in [0.15, 0.2) is 24.3 Å². The average Bonchev–Trinajstić information content (AvgIpc) is 3.29. The SMILES string of the molecule is CC(C)(C)CC(=O)Nc1ccc(CC(=O)NCC(N)C2CC2)cc1.Cl. The number of nitrogens with two attached hydrogens (primary N) is 1. The molecule has 4 N–H and O–H groups in total. The molecule has 0 radical (unpaired) electrons. The minimum absolute atomic E-state index is 0. The van der Waals surface area contributed by atoms with E-state index in [1.54, 1.807) is 0 Å². The van der Waals surface area contributed by atoms with Crippen molar-refractivity contribution in [2.75, 3.05) is 11.9 Å². The molecular weight excluding hydrogens is 338 g/mol. The predicted molar refractivity (Wildman–Crippen MR) is 104 cm³/mol. The van der Waals surface area contributed by atoms with Gasteiger partial charge in [-0.2, -0.15) is 0 Å². The maximum atomic E-state index is 11.9. The molecule has 0 bridgehead atoms. The zero-order valence-electron chi connectivity index (χ0n) is 15.3. The van der Waals surface area contributed by atoms with E-state index in [4.69, 9.17) is 5.73 Å². The van der Waals surface area contributed by atoms with Gasteiger partial charge in [0.1, 0.15) is 0 Å². The summed E-state index contributed by atoms with van der Waals surface area (Å²) < 4.78 is 0. The largest absolute Gasteiger partial charge is 0.354 e. The second-order valence-corrected chi connectivity index (χ2v) is 7.96. The third kappa shape index (κ3) is 8.36. The van der Waals surface area contributed by atoms with Crippen molar-refractivity contribution >= 4 is 29.9 Å². The molecule has 0 spiro atoms. The van der Waals surface area contributed by atoms with Gasteiger partial charge in [0.15, 0.2) is 0 Å². The van der Waals surface area contributed by atoms with E-state index in [-0.39, 0.29) is 35.7 Å². The maximum Gasteiger partial charge on any atom is 0.224 e. The molecule has 0 heterocycles. The summed E-state index contributed by atoms with van der Waals surface area (Å²) in [5.41, 5.74) is 7.61. The quantitative estimate of drug-likeness (QED) is 0.692. The smallest absolute Gasteiger partial charge is 0.224 e. The highest BCUT2D eigenvalue weighted by Crippen LogP contribution is 2.31. The van der Waals surface area contributed by atoms with Crippen molar-refractivity contribution in [3.8, 4) is 0 Å². The van der Waals surface area contributed by atoms with Crippen LogP contribution in [-0.4, -0.2) is 24.4 Å². The summed E-state index contributed by atoms with van der Waals surface area (Å²) in [7, 11) is 0. The van der Waals surface area contributed by atoms with E-state index in [1.165, 1.54) is 12.8 Å². The van der Waals surface area contributed by atoms with E-state index >= 15 is 0 Å². The van der Waals surface area contributed by atoms with Gasteiger partial charge >= 0.3 is 0 Å². The highest BCUT2D eigenvalue weighted by atomic mass is 35.5. The number of carbonyl (C=O) groups is 2. The molecule has 25 heavy (non-hydrogen) atoms. The molecule has 2 rings (SSSR count). The van der Waals surface area contributed by atoms with Gasteiger partial charge in [0.2, 0.25) is 11.8 Å². The van der Waals surface area contributed by atoms with Crippen molar-refractivity contribution in [1.29, 1.82) is 0 Å². The molecule has 1 aliphatic rings. The van der Waals surface area contributed by atoms with Gasteiger partial charge in [-0.1, -0.05) is 32.9 Å². The van der Waals surface area contributed by atoms with Crippen LogP contribution in [0.3, 0.4) is 0 Å². The summed E-state index contributed by atoms with van der Waals surface area (Å²) in [4.78, 5) is 23.9. The number of carbonyl (C=O) groups excluding carboxylic acids is 2. The molecule has 140 valence electrons. The first kappa shape index (κ1) is 21.5. The molecule has 6 heteroatoms. The summed E-state index contributed by atoms with van der Waals surface area (Å²) in [6.07, 6.45) is 3.16. The molecule has 0 aromatic heterocycles. The molecule has 0 saturated heterocycles. The van der Waals surface area contributed by atoms with Crippen molar-refractivity contribution in [3.05, 3.63) is 29.8 Å². The van der Waals surface area contributed by atoms with Crippen LogP contribution in [0.4, 0.5) is 5.69 Å². The Hall–Kier alpha value is -1.59. The van der Waals surface area contributed by atoms with Crippen LogP contribution < -0.4 is 16.4 Å². The monoisotopic (exact) mass is 367 g/mol. The Balaban J connectivity index is 0.00000312. The maximum absolute atomic E-state index is 11.9. The first-order valence-corrected chi connectivity index (χ1v) is 8.64. The Morgan fingerprint density at radius 1 is 1.16 bits per heavy atom. The van der Waals surface area contributed by atoms with Crippen LogP contribution in [0.5, 0.6) is 0 Å². The zero-order chi connectivity index (χ0) is 17.7. The standard InChI is InChI=1S/C19H29N3O2.ClH/c1-19(2,3)11-18(24)22-15-8-4-13(5-9-15)10-17(23)21-12-16(20)14-6-7-14;/h4-5,8-9,14,16H,6-7,10-12,20H2,1-3H3,(H,21,23)(H,22,24);1H. The summed E-state index contributed by atoms with van der Waals surface area (Å²) in [5.74, 6) is 0.568. The van der Waals surface area contributed by atoms with Crippen LogP contribution in [0.25, 0.3) is 0 Å². The number of hydrogen-bond donors (Lipinski definition) is 3. The van der Waals surface area contributed by atoms with Crippen LogP contribution in [0.2, 0.25) is 0 Å². The molecule has 5 nitrogen and oxygen atoms in total. The summed E-state index contributed by atoms with van der Waals surface area (Å²) in [6, 6.07) is 7.48. The average molecular weight is 368 g/mol. The molecular formula is C19H30ClN3O2. The fraction of sp³-hybridized carbons (Fsp3) is 0.579. The lowest BCUT2D eigenvalue weighted by Gasteiger charge is -2.17.